The molecule has 0 aromatic carbocycles. The van der Waals surface area contributed by atoms with Gasteiger partial charge in [0.1, 0.15) is 0 Å². The van der Waals surface area contributed by atoms with Gasteiger partial charge in [-0.2, -0.15) is 0 Å². The van der Waals surface area contributed by atoms with E-state index in [9.17, 15) is 0 Å². The molecular formula is C16H28N4. The van der Waals surface area contributed by atoms with Crippen LogP contribution in [-0.2, 0) is 0 Å². The first-order chi connectivity index (χ1) is 9.70. The Morgan fingerprint density at radius 1 is 1.20 bits per heavy atom. The standard InChI is InChI=1S/C16H28N4/c1-4-18-15(14-13-17-11-12-19-14)16(20(2)3)9-7-5-6-8-10-16/h11-13,15,18H,4-10H2,1-3H3. The third-order valence-corrected chi connectivity index (χ3v) is 4.68. The fourth-order valence-electron chi connectivity index (χ4n) is 3.57. The molecule has 1 N–H and O–H groups in total. The van der Waals surface area contributed by atoms with Crippen molar-refractivity contribution in [2.24, 2.45) is 0 Å². The van der Waals surface area contributed by atoms with E-state index in [4.69, 9.17) is 0 Å². The average Bonchev–Trinajstić information content (AvgIpc) is 2.72. The van der Waals surface area contributed by atoms with E-state index in [0.29, 0.717) is 0 Å². The Morgan fingerprint density at radius 2 is 1.90 bits per heavy atom. The number of likely N-dealkylation sites (N-methyl/N-ethyl adjacent to an activating group) is 2. The van der Waals surface area contributed by atoms with Gasteiger partial charge in [-0.3, -0.25) is 9.97 Å². The lowest BCUT2D eigenvalue weighted by atomic mass is 9.79. The fourth-order valence-corrected chi connectivity index (χ4v) is 3.57. The lowest BCUT2D eigenvalue weighted by molar-refractivity contribution is 0.0787. The molecule has 1 aliphatic carbocycles. The summed E-state index contributed by atoms with van der Waals surface area (Å²) in [5.41, 5.74) is 1.23. The highest BCUT2D eigenvalue weighted by Crippen LogP contribution is 2.40. The minimum absolute atomic E-state index is 0.155. The second kappa shape index (κ2) is 7.14. The smallest absolute Gasteiger partial charge is 0.0775 e. The molecule has 1 atom stereocenters. The van der Waals surface area contributed by atoms with E-state index in [1.54, 1.807) is 12.4 Å². The monoisotopic (exact) mass is 276 g/mol. The highest BCUT2D eigenvalue weighted by molar-refractivity contribution is 5.13. The second-order valence-electron chi connectivity index (χ2n) is 6.03. The molecule has 0 radical (unpaired) electrons. The third-order valence-electron chi connectivity index (χ3n) is 4.68. The van der Waals surface area contributed by atoms with Crippen molar-refractivity contribution in [1.82, 2.24) is 20.2 Å². The van der Waals surface area contributed by atoms with Gasteiger partial charge in [-0.15, -0.1) is 0 Å². The first kappa shape index (κ1) is 15.4. The molecule has 1 aliphatic rings. The van der Waals surface area contributed by atoms with Crippen molar-refractivity contribution in [3.05, 3.63) is 24.3 Å². The van der Waals surface area contributed by atoms with Crippen molar-refractivity contribution in [2.75, 3.05) is 20.6 Å². The quantitative estimate of drug-likeness (QED) is 0.840. The Labute approximate surface area is 123 Å². The minimum Gasteiger partial charge on any atom is -0.307 e. The largest absolute Gasteiger partial charge is 0.307 e. The summed E-state index contributed by atoms with van der Waals surface area (Å²) >= 11 is 0. The van der Waals surface area contributed by atoms with Gasteiger partial charge >= 0.3 is 0 Å². The molecule has 1 unspecified atom stereocenters. The van der Waals surface area contributed by atoms with E-state index >= 15 is 0 Å². The van der Waals surface area contributed by atoms with Crippen LogP contribution in [0.4, 0.5) is 0 Å². The maximum Gasteiger partial charge on any atom is 0.0775 e. The van der Waals surface area contributed by atoms with Crippen LogP contribution in [0.15, 0.2) is 18.6 Å². The van der Waals surface area contributed by atoms with Gasteiger partial charge in [0, 0.05) is 17.9 Å². The van der Waals surface area contributed by atoms with Crippen LogP contribution in [0, 0.1) is 0 Å². The molecule has 0 aliphatic heterocycles. The Bertz CT molecular complexity index is 383. The van der Waals surface area contributed by atoms with Crippen molar-refractivity contribution in [3.63, 3.8) is 0 Å². The molecular weight excluding hydrogens is 248 g/mol. The second-order valence-corrected chi connectivity index (χ2v) is 6.03. The van der Waals surface area contributed by atoms with E-state index in [0.717, 1.165) is 12.2 Å². The molecule has 4 nitrogen and oxygen atoms in total. The number of nitrogens with zero attached hydrogens (tertiary/aromatic N) is 3. The van der Waals surface area contributed by atoms with Crippen molar-refractivity contribution >= 4 is 0 Å². The van der Waals surface area contributed by atoms with Crippen LogP contribution in [0.5, 0.6) is 0 Å². The normalized spacial score (nSPS) is 20.6. The highest BCUT2D eigenvalue weighted by Gasteiger charge is 2.42. The van der Waals surface area contributed by atoms with Crippen molar-refractivity contribution < 1.29 is 0 Å². The van der Waals surface area contributed by atoms with Gasteiger partial charge in [0.05, 0.1) is 17.9 Å². The number of hydrogen-bond acceptors (Lipinski definition) is 4. The van der Waals surface area contributed by atoms with Crippen LogP contribution in [0.3, 0.4) is 0 Å². The number of hydrogen-bond donors (Lipinski definition) is 1. The number of aromatic nitrogens is 2. The van der Waals surface area contributed by atoms with Crippen LogP contribution >= 0.6 is 0 Å². The van der Waals surface area contributed by atoms with Crippen LogP contribution in [0.25, 0.3) is 0 Å². The molecule has 0 spiro atoms. The van der Waals surface area contributed by atoms with Gasteiger partial charge in [0.2, 0.25) is 0 Å². The van der Waals surface area contributed by atoms with Gasteiger partial charge in [-0.05, 0) is 33.5 Å². The SMILES string of the molecule is CCNC(c1cnccn1)C1(N(C)C)CCCCCC1. The van der Waals surface area contributed by atoms with Gasteiger partial charge in [-0.1, -0.05) is 32.6 Å². The topological polar surface area (TPSA) is 41.1 Å². The Kier molecular flexibility index (Phi) is 5.49. The summed E-state index contributed by atoms with van der Waals surface area (Å²) in [7, 11) is 4.43. The maximum atomic E-state index is 4.58. The van der Waals surface area contributed by atoms with Gasteiger partial charge in [-0.25, -0.2) is 0 Å². The average molecular weight is 276 g/mol. The zero-order chi connectivity index (χ0) is 14.4. The van der Waals surface area contributed by atoms with E-state index in [1.165, 1.54) is 38.5 Å². The molecule has 1 aromatic heterocycles. The summed E-state index contributed by atoms with van der Waals surface area (Å²) < 4.78 is 0. The maximum absolute atomic E-state index is 4.58. The van der Waals surface area contributed by atoms with Gasteiger partial charge < -0.3 is 10.2 Å². The van der Waals surface area contributed by atoms with E-state index < -0.39 is 0 Å². The van der Waals surface area contributed by atoms with Crippen molar-refractivity contribution in [3.8, 4) is 0 Å². The molecule has 1 fully saturated rings. The van der Waals surface area contributed by atoms with Crippen molar-refractivity contribution in [2.45, 2.75) is 57.0 Å². The Hall–Kier alpha value is -1.00. The third kappa shape index (κ3) is 3.18. The first-order valence-electron chi connectivity index (χ1n) is 7.87. The van der Waals surface area contributed by atoms with Crippen molar-refractivity contribution in [1.29, 1.82) is 0 Å². The molecule has 1 saturated carbocycles. The summed E-state index contributed by atoms with van der Waals surface area (Å²) in [6.45, 7) is 3.13. The number of nitrogens with one attached hydrogen (secondary N) is 1. The molecule has 1 heterocycles. The predicted molar refractivity (Wildman–Crippen MR) is 82.6 cm³/mol. The van der Waals surface area contributed by atoms with Crippen LogP contribution < -0.4 is 5.32 Å². The summed E-state index contributed by atoms with van der Waals surface area (Å²) in [6, 6.07) is 0.259. The molecule has 1 aromatic rings. The molecule has 0 bridgehead atoms. The Balaban J connectivity index is 2.36. The van der Waals surface area contributed by atoms with Gasteiger partial charge in [0.15, 0.2) is 0 Å². The minimum atomic E-state index is 0.155. The summed E-state index contributed by atoms with van der Waals surface area (Å²) in [4.78, 5) is 11.3. The zero-order valence-corrected chi connectivity index (χ0v) is 13.1. The summed E-state index contributed by atoms with van der Waals surface area (Å²) in [6.07, 6.45) is 13.3. The van der Waals surface area contributed by atoms with E-state index in [2.05, 4.69) is 41.2 Å². The molecule has 2 rings (SSSR count). The highest BCUT2D eigenvalue weighted by atomic mass is 15.2. The van der Waals surface area contributed by atoms with E-state index in [1.807, 2.05) is 6.20 Å². The summed E-state index contributed by atoms with van der Waals surface area (Å²) in [5.74, 6) is 0. The lowest BCUT2D eigenvalue weighted by Crippen LogP contribution is -2.53. The van der Waals surface area contributed by atoms with Crippen LogP contribution in [-0.4, -0.2) is 41.0 Å². The zero-order valence-electron chi connectivity index (χ0n) is 13.1. The van der Waals surface area contributed by atoms with E-state index in [-0.39, 0.29) is 11.6 Å². The number of rotatable bonds is 5. The Morgan fingerprint density at radius 3 is 2.40 bits per heavy atom. The molecule has 0 amide bonds. The molecule has 0 saturated heterocycles. The first-order valence-corrected chi connectivity index (χ1v) is 7.87. The molecule has 112 valence electrons. The summed E-state index contributed by atoms with van der Waals surface area (Å²) in [5, 5.41) is 3.67. The van der Waals surface area contributed by atoms with Crippen LogP contribution in [0.1, 0.15) is 57.2 Å². The molecule has 4 heteroatoms. The van der Waals surface area contributed by atoms with Gasteiger partial charge in [0.25, 0.3) is 0 Å². The lowest BCUT2D eigenvalue weighted by Gasteiger charge is -2.45. The fraction of sp³-hybridized carbons (Fsp3) is 0.750. The predicted octanol–water partition coefficient (Wildman–Crippen LogP) is 2.78. The van der Waals surface area contributed by atoms with Crippen LogP contribution in [0.2, 0.25) is 0 Å². The molecule has 20 heavy (non-hydrogen) atoms.